The van der Waals surface area contributed by atoms with Crippen LogP contribution in [-0.4, -0.2) is 4.57 Å². The molecular formula is C56H38N2. The van der Waals surface area contributed by atoms with Gasteiger partial charge in [0.05, 0.1) is 11.0 Å². The monoisotopic (exact) mass is 738 g/mol. The molecule has 1 aromatic heterocycles. The van der Waals surface area contributed by atoms with Crippen LogP contribution in [0, 0.1) is 0 Å². The molecule has 11 rings (SSSR count). The highest BCUT2D eigenvalue weighted by molar-refractivity contribution is 6.21. The molecule has 0 bridgehead atoms. The van der Waals surface area contributed by atoms with E-state index in [-0.39, 0.29) is 0 Å². The Labute approximate surface area is 338 Å². The fourth-order valence-corrected chi connectivity index (χ4v) is 8.68. The molecule has 0 N–H and O–H groups in total. The molecular weight excluding hydrogens is 701 g/mol. The minimum atomic E-state index is 1.10. The molecule has 10 aromatic carbocycles. The summed E-state index contributed by atoms with van der Waals surface area (Å²) in [4.78, 5) is 2.35. The molecule has 2 heteroatoms. The van der Waals surface area contributed by atoms with Gasteiger partial charge in [-0.05, 0) is 128 Å². The van der Waals surface area contributed by atoms with Gasteiger partial charge in [0.25, 0.3) is 0 Å². The highest BCUT2D eigenvalue weighted by Gasteiger charge is 2.17. The first-order chi connectivity index (χ1) is 28.7. The fourth-order valence-electron chi connectivity index (χ4n) is 8.68. The number of para-hydroxylation sites is 1. The maximum Gasteiger partial charge on any atom is 0.0547 e. The lowest BCUT2D eigenvalue weighted by atomic mass is 9.99. The van der Waals surface area contributed by atoms with Crippen molar-refractivity contribution in [2.75, 3.05) is 4.90 Å². The first kappa shape index (κ1) is 33.6. The van der Waals surface area contributed by atoms with Crippen LogP contribution in [0.25, 0.3) is 82.4 Å². The molecule has 0 unspecified atom stereocenters. The zero-order valence-electron chi connectivity index (χ0n) is 31.8. The molecule has 0 spiro atoms. The van der Waals surface area contributed by atoms with Gasteiger partial charge in [-0.1, -0.05) is 158 Å². The lowest BCUT2D eigenvalue weighted by molar-refractivity contribution is 1.18. The SMILES string of the molecule is c1ccc(-c2ccc(N(c3ccc(-c4ccc5ccccc5c4)cc3)c3ccc(-c4ccc5c(c4)c4c6ccccc6ccc4n5-c4ccccc4)cc3)cc2)cc1. The summed E-state index contributed by atoms with van der Waals surface area (Å²) in [5.41, 5.74) is 14.1. The Bertz CT molecular complexity index is 3230. The van der Waals surface area contributed by atoms with E-state index >= 15 is 0 Å². The fraction of sp³-hybridized carbons (Fsp3) is 0. The van der Waals surface area contributed by atoms with E-state index < -0.39 is 0 Å². The normalized spacial score (nSPS) is 11.4. The third-order valence-corrected chi connectivity index (χ3v) is 11.6. The van der Waals surface area contributed by atoms with E-state index in [1.165, 1.54) is 76.7 Å². The molecule has 1 heterocycles. The Morgan fingerprint density at radius 3 is 1.38 bits per heavy atom. The zero-order valence-corrected chi connectivity index (χ0v) is 31.8. The third kappa shape index (κ3) is 5.91. The number of hydrogen-bond donors (Lipinski definition) is 0. The van der Waals surface area contributed by atoms with Crippen molar-refractivity contribution in [3.05, 3.63) is 231 Å². The summed E-state index contributed by atoms with van der Waals surface area (Å²) in [7, 11) is 0. The summed E-state index contributed by atoms with van der Waals surface area (Å²) in [5.74, 6) is 0. The van der Waals surface area contributed by atoms with Crippen molar-refractivity contribution in [3.8, 4) is 39.1 Å². The lowest BCUT2D eigenvalue weighted by Crippen LogP contribution is -2.09. The van der Waals surface area contributed by atoms with Crippen molar-refractivity contribution in [3.63, 3.8) is 0 Å². The maximum absolute atomic E-state index is 2.40. The summed E-state index contributed by atoms with van der Waals surface area (Å²) in [6, 6.07) is 83.6. The van der Waals surface area contributed by atoms with Gasteiger partial charge >= 0.3 is 0 Å². The smallest absolute Gasteiger partial charge is 0.0547 e. The molecule has 0 amide bonds. The minimum absolute atomic E-state index is 1.10. The number of aromatic nitrogens is 1. The molecule has 0 saturated carbocycles. The van der Waals surface area contributed by atoms with E-state index in [9.17, 15) is 0 Å². The first-order valence-electron chi connectivity index (χ1n) is 19.9. The van der Waals surface area contributed by atoms with Gasteiger partial charge in [-0.15, -0.1) is 0 Å². The minimum Gasteiger partial charge on any atom is -0.311 e. The van der Waals surface area contributed by atoms with Crippen LogP contribution in [0.4, 0.5) is 17.1 Å². The van der Waals surface area contributed by atoms with Crippen LogP contribution in [0.15, 0.2) is 231 Å². The second-order valence-corrected chi connectivity index (χ2v) is 15.0. The average molecular weight is 739 g/mol. The number of anilines is 3. The van der Waals surface area contributed by atoms with Crippen molar-refractivity contribution >= 4 is 60.4 Å². The quantitative estimate of drug-likeness (QED) is 0.158. The lowest BCUT2D eigenvalue weighted by Gasteiger charge is -2.26. The van der Waals surface area contributed by atoms with Crippen molar-refractivity contribution in [1.29, 1.82) is 0 Å². The van der Waals surface area contributed by atoms with Gasteiger partial charge in [-0.25, -0.2) is 0 Å². The Kier molecular flexibility index (Phi) is 8.19. The molecule has 0 saturated heterocycles. The predicted molar refractivity (Wildman–Crippen MR) is 247 cm³/mol. The van der Waals surface area contributed by atoms with Crippen LogP contribution >= 0.6 is 0 Å². The highest BCUT2D eigenvalue weighted by atomic mass is 15.1. The van der Waals surface area contributed by atoms with Gasteiger partial charge < -0.3 is 9.47 Å². The molecule has 58 heavy (non-hydrogen) atoms. The third-order valence-electron chi connectivity index (χ3n) is 11.6. The van der Waals surface area contributed by atoms with Crippen LogP contribution in [0.3, 0.4) is 0 Å². The largest absolute Gasteiger partial charge is 0.311 e. The molecule has 272 valence electrons. The summed E-state index contributed by atoms with van der Waals surface area (Å²) in [6.45, 7) is 0. The van der Waals surface area contributed by atoms with Crippen molar-refractivity contribution in [2.45, 2.75) is 0 Å². The average Bonchev–Trinajstić information content (AvgIpc) is 3.64. The molecule has 0 aliphatic carbocycles. The van der Waals surface area contributed by atoms with E-state index in [0.29, 0.717) is 0 Å². The molecule has 2 nitrogen and oxygen atoms in total. The Morgan fingerprint density at radius 2 is 0.724 bits per heavy atom. The van der Waals surface area contributed by atoms with E-state index in [1.54, 1.807) is 0 Å². The number of hydrogen-bond acceptors (Lipinski definition) is 1. The highest BCUT2D eigenvalue weighted by Crippen LogP contribution is 2.41. The molecule has 0 radical (unpaired) electrons. The Morgan fingerprint density at radius 1 is 0.276 bits per heavy atom. The van der Waals surface area contributed by atoms with Gasteiger partial charge in [0, 0.05) is 33.5 Å². The van der Waals surface area contributed by atoms with E-state index in [2.05, 4.69) is 240 Å². The summed E-state index contributed by atoms with van der Waals surface area (Å²) in [5, 5.41) is 7.56. The number of rotatable bonds is 7. The molecule has 0 fully saturated rings. The standard InChI is InChI=1S/C56H38N2/c1-3-11-39(12-4-1)41-21-29-49(30-22-41)57(50-31-23-42(24-32-50)46-20-19-40-13-7-8-15-45(40)37-46)51-33-25-43(26-34-51)47-28-35-54-53(38-47)56-52-18-10-9-14-44(52)27-36-55(56)58(54)48-16-5-2-6-17-48/h1-38H. The number of nitrogens with zero attached hydrogens (tertiary/aromatic N) is 2. The maximum atomic E-state index is 2.40. The van der Waals surface area contributed by atoms with Gasteiger partial charge in [0.1, 0.15) is 0 Å². The van der Waals surface area contributed by atoms with Gasteiger partial charge in [-0.2, -0.15) is 0 Å². The van der Waals surface area contributed by atoms with E-state index in [0.717, 1.165) is 22.7 Å². The van der Waals surface area contributed by atoms with Gasteiger partial charge in [-0.3, -0.25) is 0 Å². The Balaban J connectivity index is 0.998. The van der Waals surface area contributed by atoms with Crippen LogP contribution in [0.5, 0.6) is 0 Å². The van der Waals surface area contributed by atoms with Gasteiger partial charge in [0.15, 0.2) is 0 Å². The van der Waals surface area contributed by atoms with Gasteiger partial charge in [0.2, 0.25) is 0 Å². The Hall–Kier alpha value is -7.68. The predicted octanol–water partition coefficient (Wildman–Crippen LogP) is 15.6. The number of benzene rings is 10. The molecule has 0 atom stereocenters. The second-order valence-electron chi connectivity index (χ2n) is 15.0. The van der Waals surface area contributed by atoms with Crippen molar-refractivity contribution in [1.82, 2.24) is 4.57 Å². The summed E-state index contributed by atoms with van der Waals surface area (Å²) in [6.07, 6.45) is 0. The molecule has 0 aliphatic rings. The molecule has 11 aromatic rings. The summed E-state index contributed by atoms with van der Waals surface area (Å²) >= 11 is 0. The topological polar surface area (TPSA) is 8.17 Å². The zero-order chi connectivity index (χ0) is 38.4. The van der Waals surface area contributed by atoms with E-state index in [4.69, 9.17) is 0 Å². The first-order valence-corrected chi connectivity index (χ1v) is 19.9. The molecule has 0 aliphatic heterocycles. The van der Waals surface area contributed by atoms with Crippen molar-refractivity contribution < 1.29 is 0 Å². The van der Waals surface area contributed by atoms with E-state index in [1.807, 2.05) is 0 Å². The van der Waals surface area contributed by atoms with Crippen LogP contribution in [0.2, 0.25) is 0 Å². The van der Waals surface area contributed by atoms with Crippen LogP contribution in [0.1, 0.15) is 0 Å². The second kappa shape index (κ2) is 14.1. The van der Waals surface area contributed by atoms with Crippen LogP contribution in [-0.2, 0) is 0 Å². The number of fused-ring (bicyclic) bond motifs is 6. The van der Waals surface area contributed by atoms with Crippen molar-refractivity contribution in [2.24, 2.45) is 0 Å². The van der Waals surface area contributed by atoms with Crippen LogP contribution < -0.4 is 4.90 Å². The summed E-state index contributed by atoms with van der Waals surface area (Å²) < 4.78 is 2.40.